The Morgan fingerprint density at radius 1 is 1.56 bits per heavy atom. The molecule has 0 spiro atoms. The Labute approximate surface area is 95.1 Å². The summed E-state index contributed by atoms with van der Waals surface area (Å²) in [4.78, 5) is 9.86. The molecule has 1 aromatic rings. The molecule has 0 fully saturated rings. The van der Waals surface area contributed by atoms with E-state index >= 15 is 0 Å². The Hall–Kier alpha value is -1.56. The van der Waals surface area contributed by atoms with Crippen molar-refractivity contribution >= 4 is 11.5 Å². The minimum atomic E-state index is -0.340. The van der Waals surface area contributed by atoms with Crippen molar-refractivity contribution in [1.82, 2.24) is 9.97 Å². The van der Waals surface area contributed by atoms with Crippen LogP contribution in [0.25, 0.3) is 0 Å². The topological polar surface area (TPSA) is 84.5 Å². The lowest BCUT2D eigenvalue weighted by molar-refractivity contribution is 0.187. The average Bonchev–Trinajstić information content (AvgIpc) is 2.26. The van der Waals surface area contributed by atoms with Gasteiger partial charge in [0.05, 0.1) is 13.2 Å². The minimum Gasteiger partial charge on any atom is -0.479 e. The van der Waals surface area contributed by atoms with Crippen molar-refractivity contribution < 1.29 is 9.84 Å². The first-order chi connectivity index (χ1) is 7.56. The van der Waals surface area contributed by atoms with E-state index in [-0.39, 0.29) is 6.10 Å². The summed E-state index contributed by atoms with van der Waals surface area (Å²) >= 11 is 0. The number of nitrogen functional groups attached to an aromatic ring is 1. The van der Waals surface area contributed by atoms with Crippen LogP contribution in [0.4, 0.5) is 11.5 Å². The molecule has 6 nitrogen and oxygen atoms in total. The molecule has 0 amide bonds. The molecular weight excluding hydrogens is 208 g/mol. The standard InChI is InChI=1S/C10H18N4O2/c1-7(15)4-5-14(2)9-8(11)10(16-3)13-6-12-9/h6-7,15H,4-5,11H2,1-3H3. The first-order valence-electron chi connectivity index (χ1n) is 5.10. The smallest absolute Gasteiger partial charge is 0.242 e. The van der Waals surface area contributed by atoms with Crippen LogP contribution in [0.5, 0.6) is 5.88 Å². The lowest BCUT2D eigenvalue weighted by Crippen LogP contribution is -2.24. The minimum absolute atomic E-state index is 0.340. The molecular formula is C10H18N4O2. The van der Waals surface area contributed by atoms with Gasteiger partial charge in [0.15, 0.2) is 5.82 Å². The number of ether oxygens (including phenoxy) is 1. The van der Waals surface area contributed by atoms with E-state index in [4.69, 9.17) is 10.5 Å². The van der Waals surface area contributed by atoms with Gasteiger partial charge in [-0.3, -0.25) is 0 Å². The second kappa shape index (κ2) is 5.50. The molecule has 0 radical (unpaired) electrons. The van der Waals surface area contributed by atoms with Crippen molar-refractivity contribution in [2.75, 3.05) is 31.3 Å². The maximum atomic E-state index is 9.20. The Bertz CT molecular complexity index is 344. The third kappa shape index (κ3) is 2.96. The molecule has 0 aliphatic rings. The molecule has 6 heteroatoms. The lowest BCUT2D eigenvalue weighted by atomic mass is 10.2. The summed E-state index contributed by atoms with van der Waals surface area (Å²) in [6.45, 7) is 2.42. The van der Waals surface area contributed by atoms with Crippen molar-refractivity contribution in [2.24, 2.45) is 0 Å². The van der Waals surface area contributed by atoms with Gasteiger partial charge in [0.2, 0.25) is 5.88 Å². The fourth-order valence-electron chi connectivity index (χ4n) is 1.32. The lowest BCUT2D eigenvalue weighted by Gasteiger charge is -2.20. The number of hydrogen-bond acceptors (Lipinski definition) is 6. The van der Waals surface area contributed by atoms with Gasteiger partial charge in [-0.05, 0) is 13.3 Å². The molecule has 0 bridgehead atoms. The van der Waals surface area contributed by atoms with Crippen molar-refractivity contribution in [3.05, 3.63) is 6.33 Å². The van der Waals surface area contributed by atoms with Crippen LogP contribution in [-0.2, 0) is 0 Å². The van der Waals surface area contributed by atoms with Gasteiger partial charge in [0, 0.05) is 13.6 Å². The number of methoxy groups -OCH3 is 1. The van der Waals surface area contributed by atoms with Gasteiger partial charge in [-0.15, -0.1) is 0 Å². The maximum absolute atomic E-state index is 9.20. The van der Waals surface area contributed by atoms with E-state index in [0.29, 0.717) is 30.4 Å². The number of rotatable bonds is 5. The Kier molecular flexibility index (Phi) is 4.30. The van der Waals surface area contributed by atoms with Crippen molar-refractivity contribution in [2.45, 2.75) is 19.4 Å². The monoisotopic (exact) mass is 226 g/mol. The van der Waals surface area contributed by atoms with Gasteiger partial charge in [-0.2, -0.15) is 4.98 Å². The molecule has 1 heterocycles. The number of aromatic nitrogens is 2. The second-order valence-corrected chi connectivity index (χ2v) is 3.68. The highest BCUT2D eigenvalue weighted by Gasteiger charge is 2.12. The number of nitrogens with two attached hydrogens (primary N) is 1. The molecule has 0 aromatic carbocycles. The first kappa shape index (κ1) is 12.5. The summed E-state index contributed by atoms with van der Waals surface area (Å²) in [7, 11) is 3.37. The van der Waals surface area contributed by atoms with Crippen LogP contribution in [0.3, 0.4) is 0 Å². The van der Waals surface area contributed by atoms with Crippen molar-refractivity contribution in [1.29, 1.82) is 0 Å². The van der Waals surface area contributed by atoms with E-state index in [1.54, 1.807) is 6.92 Å². The van der Waals surface area contributed by atoms with Gasteiger partial charge in [-0.25, -0.2) is 4.98 Å². The van der Waals surface area contributed by atoms with Crippen LogP contribution in [0.15, 0.2) is 6.33 Å². The van der Waals surface area contributed by atoms with Crippen LogP contribution < -0.4 is 15.4 Å². The quantitative estimate of drug-likeness (QED) is 0.750. The number of hydrogen-bond donors (Lipinski definition) is 2. The molecule has 3 N–H and O–H groups in total. The maximum Gasteiger partial charge on any atom is 0.242 e. The number of aliphatic hydroxyl groups excluding tert-OH is 1. The van der Waals surface area contributed by atoms with Crippen LogP contribution in [-0.4, -0.2) is 41.9 Å². The predicted molar refractivity (Wildman–Crippen MR) is 62.6 cm³/mol. The second-order valence-electron chi connectivity index (χ2n) is 3.68. The van der Waals surface area contributed by atoms with Crippen molar-refractivity contribution in [3.8, 4) is 5.88 Å². The fourth-order valence-corrected chi connectivity index (χ4v) is 1.32. The van der Waals surface area contributed by atoms with Gasteiger partial charge in [0.1, 0.15) is 12.0 Å². The largest absolute Gasteiger partial charge is 0.479 e. The van der Waals surface area contributed by atoms with Crippen LogP contribution >= 0.6 is 0 Å². The zero-order valence-electron chi connectivity index (χ0n) is 9.84. The Balaban J connectivity index is 2.78. The zero-order valence-corrected chi connectivity index (χ0v) is 9.84. The molecule has 0 aliphatic heterocycles. The van der Waals surface area contributed by atoms with E-state index < -0.39 is 0 Å². The van der Waals surface area contributed by atoms with Gasteiger partial charge >= 0.3 is 0 Å². The first-order valence-corrected chi connectivity index (χ1v) is 5.10. The van der Waals surface area contributed by atoms with E-state index in [0.717, 1.165) is 0 Å². The third-order valence-electron chi connectivity index (χ3n) is 2.26. The van der Waals surface area contributed by atoms with Crippen LogP contribution in [0.2, 0.25) is 0 Å². The van der Waals surface area contributed by atoms with Crippen LogP contribution in [0, 0.1) is 0 Å². The predicted octanol–water partition coefficient (Wildman–Crippen LogP) is 0.274. The van der Waals surface area contributed by atoms with Gasteiger partial charge in [-0.1, -0.05) is 0 Å². The zero-order chi connectivity index (χ0) is 12.1. The summed E-state index contributed by atoms with van der Waals surface area (Å²) in [5.41, 5.74) is 6.26. The number of nitrogens with zero attached hydrogens (tertiary/aromatic N) is 3. The molecule has 1 aromatic heterocycles. The molecule has 1 unspecified atom stereocenters. The van der Waals surface area contributed by atoms with Crippen molar-refractivity contribution in [3.63, 3.8) is 0 Å². The van der Waals surface area contributed by atoms with E-state index in [1.165, 1.54) is 13.4 Å². The normalized spacial score (nSPS) is 12.2. The molecule has 16 heavy (non-hydrogen) atoms. The van der Waals surface area contributed by atoms with E-state index in [9.17, 15) is 5.11 Å². The highest BCUT2D eigenvalue weighted by molar-refractivity contribution is 5.67. The van der Waals surface area contributed by atoms with Gasteiger partial charge in [0.25, 0.3) is 0 Å². The van der Waals surface area contributed by atoms with Crippen LogP contribution in [0.1, 0.15) is 13.3 Å². The molecule has 90 valence electrons. The van der Waals surface area contributed by atoms with Gasteiger partial charge < -0.3 is 20.5 Å². The summed E-state index contributed by atoms with van der Waals surface area (Å²) in [5, 5.41) is 9.20. The summed E-state index contributed by atoms with van der Waals surface area (Å²) in [6.07, 6.45) is 1.72. The molecule has 0 saturated heterocycles. The summed E-state index contributed by atoms with van der Waals surface area (Å²) < 4.78 is 5.01. The molecule has 0 saturated carbocycles. The number of anilines is 2. The fraction of sp³-hybridized carbons (Fsp3) is 0.600. The Morgan fingerprint density at radius 3 is 2.81 bits per heavy atom. The summed E-state index contributed by atoms with van der Waals surface area (Å²) in [6, 6.07) is 0. The summed E-state index contributed by atoms with van der Waals surface area (Å²) in [5.74, 6) is 0.987. The molecule has 1 atom stereocenters. The molecule has 0 aliphatic carbocycles. The van der Waals surface area contributed by atoms with E-state index in [1.807, 2.05) is 11.9 Å². The highest BCUT2D eigenvalue weighted by atomic mass is 16.5. The highest BCUT2D eigenvalue weighted by Crippen LogP contribution is 2.26. The number of aliphatic hydroxyl groups is 1. The molecule has 1 rings (SSSR count). The Morgan fingerprint density at radius 2 is 2.25 bits per heavy atom. The average molecular weight is 226 g/mol. The van der Waals surface area contributed by atoms with E-state index in [2.05, 4.69) is 9.97 Å². The SMILES string of the molecule is COc1ncnc(N(C)CCC(C)O)c1N. The third-order valence-corrected chi connectivity index (χ3v) is 2.26.